The Labute approximate surface area is 219 Å². The third-order valence-corrected chi connectivity index (χ3v) is 6.47. The number of piperazine rings is 1. The lowest BCUT2D eigenvalue weighted by molar-refractivity contribution is 0.0742. The highest BCUT2D eigenvalue weighted by Crippen LogP contribution is 2.32. The Hall–Kier alpha value is -4.60. The Kier molecular flexibility index (Phi) is 7.12. The van der Waals surface area contributed by atoms with E-state index in [1.54, 1.807) is 43.4 Å². The average Bonchev–Trinajstić information content (AvgIpc) is 2.97. The van der Waals surface area contributed by atoms with Crippen molar-refractivity contribution >= 4 is 22.7 Å². The molecule has 0 N–H and O–H groups in total. The molecule has 3 heterocycles. The first-order valence-corrected chi connectivity index (χ1v) is 12.3. The van der Waals surface area contributed by atoms with Crippen LogP contribution >= 0.6 is 0 Å². The van der Waals surface area contributed by atoms with Crippen molar-refractivity contribution in [2.75, 3.05) is 51.9 Å². The van der Waals surface area contributed by atoms with Gasteiger partial charge >= 0.3 is 5.63 Å². The fourth-order valence-corrected chi connectivity index (χ4v) is 4.49. The number of methoxy groups -OCH3 is 2. The highest BCUT2D eigenvalue weighted by atomic mass is 16.5. The van der Waals surface area contributed by atoms with Crippen LogP contribution in [-0.4, -0.2) is 68.0 Å². The molecule has 0 aliphatic carbocycles. The summed E-state index contributed by atoms with van der Waals surface area (Å²) >= 11 is 0. The van der Waals surface area contributed by atoms with E-state index in [4.69, 9.17) is 18.6 Å². The van der Waals surface area contributed by atoms with Crippen molar-refractivity contribution in [2.24, 2.45) is 0 Å². The minimum Gasteiger partial charge on any atom is -0.493 e. The van der Waals surface area contributed by atoms with Crippen molar-refractivity contribution < 1.29 is 23.4 Å². The summed E-state index contributed by atoms with van der Waals surface area (Å²) in [5.41, 5.74) is 1.25. The molecule has 0 atom stereocenters. The predicted molar refractivity (Wildman–Crippen MR) is 142 cm³/mol. The first-order valence-electron chi connectivity index (χ1n) is 12.3. The summed E-state index contributed by atoms with van der Waals surface area (Å²) in [6.45, 7) is 4.29. The quantitative estimate of drug-likeness (QED) is 0.340. The van der Waals surface area contributed by atoms with Crippen LogP contribution in [0.5, 0.6) is 17.2 Å². The molecule has 1 amide bonds. The number of amides is 1. The van der Waals surface area contributed by atoms with Crippen molar-refractivity contribution in [3.05, 3.63) is 70.6 Å². The molecule has 10 nitrogen and oxygen atoms in total. The van der Waals surface area contributed by atoms with Crippen LogP contribution in [0.25, 0.3) is 22.2 Å². The third-order valence-electron chi connectivity index (χ3n) is 6.47. The predicted octanol–water partition coefficient (Wildman–Crippen LogP) is 3.63. The highest BCUT2D eigenvalue weighted by molar-refractivity contribution is 5.97. The normalized spacial score (nSPS) is 13.4. The largest absolute Gasteiger partial charge is 0.493 e. The number of hydrogen-bond acceptors (Lipinski definition) is 9. The van der Waals surface area contributed by atoms with Gasteiger partial charge in [0.25, 0.3) is 5.91 Å². The lowest BCUT2D eigenvalue weighted by Crippen LogP contribution is -2.49. The second-order valence-electron chi connectivity index (χ2n) is 8.68. The van der Waals surface area contributed by atoms with E-state index < -0.39 is 5.63 Å². The fraction of sp³-hybridized carbons (Fsp3) is 0.286. The molecule has 0 saturated carbocycles. The molecule has 2 aromatic heterocycles. The van der Waals surface area contributed by atoms with Gasteiger partial charge in [0.05, 0.1) is 26.5 Å². The second-order valence-corrected chi connectivity index (χ2v) is 8.68. The smallest absolute Gasteiger partial charge is 0.349 e. The van der Waals surface area contributed by atoms with Gasteiger partial charge in [0.1, 0.15) is 5.56 Å². The lowest BCUT2D eigenvalue weighted by Gasteiger charge is -2.35. The van der Waals surface area contributed by atoms with Crippen molar-refractivity contribution in [3.63, 3.8) is 0 Å². The van der Waals surface area contributed by atoms with Gasteiger partial charge in [-0.1, -0.05) is 12.1 Å². The first-order chi connectivity index (χ1) is 18.5. The van der Waals surface area contributed by atoms with Gasteiger partial charge in [-0.3, -0.25) is 4.79 Å². The molecule has 38 heavy (non-hydrogen) atoms. The Balaban J connectivity index is 1.27. The van der Waals surface area contributed by atoms with Crippen LogP contribution in [0.15, 0.2) is 63.8 Å². The summed E-state index contributed by atoms with van der Waals surface area (Å²) in [4.78, 5) is 29.6. The third kappa shape index (κ3) is 4.84. The second kappa shape index (κ2) is 10.8. The molecule has 0 unspecified atom stereocenters. The molecule has 0 bridgehead atoms. The van der Waals surface area contributed by atoms with E-state index in [-0.39, 0.29) is 11.5 Å². The van der Waals surface area contributed by atoms with Gasteiger partial charge in [-0.15, -0.1) is 10.2 Å². The van der Waals surface area contributed by atoms with E-state index in [9.17, 15) is 9.59 Å². The number of aromatic nitrogens is 2. The number of carbonyl (C=O) groups excluding carboxylic acids is 1. The molecule has 5 rings (SSSR count). The molecule has 0 radical (unpaired) electrons. The monoisotopic (exact) mass is 516 g/mol. The summed E-state index contributed by atoms with van der Waals surface area (Å²) in [6.07, 6.45) is 0. The van der Waals surface area contributed by atoms with E-state index >= 15 is 0 Å². The van der Waals surface area contributed by atoms with E-state index in [1.807, 2.05) is 37.3 Å². The van der Waals surface area contributed by atoms with Crippen LogP contribution in [-0.2, 0) is 0 Å². The van der Waals surface area contributed by atoms with Crippen molar-refractivity contribution in [1.29, 1.82) is 0 Å². The van der Waals surface area contributed by atoms with Crippen LogP contribution in [0.4, 0.5) is 5.82 Å². The van der Waals surface area contributed by atoms with Crippen LogP contribution in [0.2, 0.25) is 0 Å². The number of para-hydroxylation sites is 1. The number of ether oxygens (including phenoxy) is 3. The molecule has 196 valence electrons. The van der Waals surface area contributed by atoms with Crippen LogP contribution < -0.4 is 24.7 Å². The summed E-state index contributed by atoms with van der Waals surface area (Å²) in [5.74, 6) is 2.11. The molecule has 0 spiro atoms. The van der Waals surface area contributed by atoms with Crippen LogP contribution in [0.3, 0.4) is 0 Å². The van der Waals surface area contributed by atoms with Crippen molar-refractivity contribution in [3.8, 4) is 28.5 Å². The van der Waals surface area contributed by atoms with E-state index in [0.717, 1.165) is 11.4 Å². The topological polar surface area (TPSA) is 107 Å². The molecule has 2 aromatic carbocycles. The standard InChI is InChI=1S/C28H28N4O6/c1-4-37-23-7-5-6-19-16-20(28(34)38-26(19)23)27(33)32-14-12-31(13-15-32)25-11-9-21(29-30-25)18-8-10-22(35-2)24(17-18)36-3/h5-11,16-17H,4,12-15H2,1-3H3. The summed E-state index contributed by atoms with van der Waals surface area (Å²) in [7, 11) is 3.18. The molecule has 1 fully saturated rings. The molecule has 4 aromatic rings. The Morgan fingerprint density at radius 3 is 2.39 bits per heavy atom. The molecular weight excluding hydrogens is 488 g/mol. The first kappa shape index (κ1) is 25.1. The minimum atomic E-state index is -0.672. The van der Waals surface area contributed by atoms with Gasteiger partial charge in [0.2, 0.25) is 0 Å². The van der Waals surface area contributed by atoms with E-state index in [1.165, 1.54) is 0 Å². The molecule has 1 aliphatic rings. The van der Waals surface area contributed by atoms with Gasteiger partial charge in [-0.2, -0.15) is 0 Å². The number of anilines is 1. The van der Waals surface area contributed by atoms with Gasteiger partial charge in [-0.05, 0) is 49.4 Å². The van der Waals surface area contributed by atoms with E-state index in [2.05, 4.69) is 15.1 Å². The Bertz CT molecular complexity index is 1510. The number of carbonyl (C=O) groups is 1. The zero-order valence-electron chi connectivity index (χ0n) is 21.5. The molecule has 1 saturated heterocycles. The van der Waals surface area contributed by atoms with Crippen LogP contribution in [0, 0.1) is 0 Å². The Morgan fingerprint density at radius 2 is 1.71 bits per heavy atom. The minimum absolute atomic E-state index is 0.0127. The number of rotatable bonds is 7. The lowest BCUT2D eigenvalue weighted by atomic mass is 10.1. The maximum atomic E-state index is 13.2. The zero-order valence-corrected chi connectivity index (χ0v) is 21.5. The van der Waals surface area contributed by atoms with Gasteiger partial charge in [-0.25, -0.2) is 4.79 Å². The Morgan fingerprint density at radius 1 is 0.921 bits per heavy atom. The number of hydrogen-bond donors (Lipinski definition) is 0. The van der Waals surface area contributed by atoms with Gasteiger partial charge in [0.15, 0.2) is 28.6 Å². The average molecular weight is 517 g/mol. The van der Waals surface area contributed by atoms with Crippen molar-refractivity contribution in [2.45, 2.75) is 6.92 Å². The van der Waals surface area contributed by atoms with Gasteiger partial charge in [0, 0.05) is 37.1 Å². The molecular formula is C28H28N4O6. The fourth-order valence-electron chi connectivity index (χ4n) is 4.49. The van der Waals surface area contributed by atoms with E-state index in [0.29, 0.717) is 66.7 Å². The summed E-state index contributed by atoms with van der Waals surface area (Å²) < 4.78 is 21.7. The highest BCUT2D eigenvalue weighted by Gasteiger charge is 2.26. The van der Waals surface area contributed by atoms with Gasteiger partial charge < -0.3 is 28.4 Å². The number of nitrogens with zero attached hydrogens (tertiary/aromatic N) is 4. The molecule has 1 aliphatic heterocycles. The number of fused-ring (bicyclic) bond motifs is 1. The number of benzene rings is 2. The van der Waals surface area contributed by atoms with Crippen LogP contribution in [0.1, 0.15) is 17.3 Å². The zero-order chi connectivity index (χ0) is 26.6. The maximum absolute atomic E-state index is 13.2. The SMILES string of the molecule is CCOc1cccc2cc(C(=O)N3CCN(c4ccc(-c5ccc(OC)c(OC)c5)nn4)CC3)c(=O)oc12. The summed E-state index contributed by atoms with van der Waals surface area (Å²) in [6, 6.07) is 16.3. The molecule has 10 heteroatoms. The summed E-state index contributed by atoms with van der Waals surface area (Å²) in [5, 5.41) is 9.43. The van der Waals surface area contributed by atoms with Crippen molar-refractivity contribution in [1.82, 2.24) is 15.1 Å². The maximum Gasteiger partial charge on any atom is 0.349 e.